The predicted octanol–water partition coefficient (Wildman–Crippen LogP) is 3.67. The number of nitrogens with zero attached hydrogens (tertiary/aromatic N) is 3. The van der Waals surface area contributed by atoms with Gasteiger partial charge in [-0.1, -0.05) is 30.3 Å². The molecule has 1 aliphatic carbocycles. The topological polar surface area (TPSA) is 120 Å². The zero-order valence-electron chi connectivity index (χ0n) is 17.4. The number of carbonyl (C=O) groups excluding carboxylic acids is 1. The van der Waals surface area contributed by atoms with Crippen LogP contribution in [0.5, 0.6) is 0 Å². The van der Waals surface area contributed by atoms with E-state index in [-0.39, 0.29) is 23.2 Å². The molecule has 1 aliphatic rings. The van der Waals surface area contributed by atoms with Crippen LogP contribution in [0.3, 0.4) is 0 Å². The minimum Gasteiger partial charge on any atom is -0.390 e. The molecule has 7 nitrogen and oxygen atoms in total. The molecule has 32 heavy (non-hydrogen) atoms. The van der Waals surface area contributed by atoms with Gasteiger partial charge in [-0.15, -0.1) is 0 Å². The summed E-state index contributed by atoms with van der Waals surface area (Å²) in [4.78, 5) is 16.8. The second kappa shape index (κ2) is 7.13. The monoisotopic (exact) mass is 431 g/mol. The first kappa shape index (κ1) is 20.1. The van der Waals surface area contributed by atoms with E-state index in [2.05, 4.69) is 10.1 Å². The summed E-state index contributed by atoms with van der Waals surface area (Å²) < 4.78 is 15.8. The summed E-state index contributed by atoms with van der Waals surface area (Å²) in [6.07, 6.45) is 0.976. The first-order valence-electron chi connectivity index (χ1n) is 10.3. The molecule has 1 saturated carbocycles. The standard InChI is InChI=1S/C24H22FN5O2/c1-24(32)11-15(12-24)30-22(26)20(23(27)31)21(29-30)14-7-6-13-8-9-18(28-19(13)10-14)16-4-2-3-5-17(16)25/h2-10,15,32H,11-12,26H2,1H3,(H2,27,31). The number of pyridine rings is 1. The average molecular weight is 431 g/mol. The molecular formula is C24H22FN5O2. The number of nitrogen functional groups attached to an aromatic ring is 1. The number of halogens is 1. The van der Waals surface area contributed by atoms with Crippen molar-refractivity contribution in [2.24, 2.45) is 5.73 Å². The van der Waals surface area contributed by atoms with Gasteiger partial charge in [0.05, 0.1) is 22.9 Å². The highest BCUT2D eigenvalue weighted by Gasteiger charge is 2.41. The molecule has 0 spiro atoms. The highest BCUT2D eigenvalue weighted by Crippen LogP contribution is 2.43. The minimum absolute atomic E-state index is 0.108. The highest BCUT2D eigenvalue weighted by molar-refractivity contribution is 6.04. The van der Waals surface area contributed by atoms with Crippen molar-refractivity contribution in [3.63, 3.8) is 0 Å². The number of aliphatic hydroxyl groups is 1. The van der Waals surface area contributed by atoms with Crippen LogP contribution in [0.1, 0.15) is 36.2 Å². The maximum Gasteiger partial charge on any atom is 0.254 e. The van der Waals surface area contributed by atoms with Crippen LogP contribution in [0.15, 0.2) is 54.6 Å². The van der Waals surface area contributed by atoms with Gasteiger partial charge in [0, 0.05) is 16.5 Å². The van der Waals surface area contributed by atoms with Crippen molar-refractivity contribution in [3.05, 3.63) is 66.0 Å². The summed E-state index contributed by atoms with van der Waals surface area (Å²) in [5.41, 5.74) is 13.8. The molecule has 162 valence electrons. The van der Waals surface area contributed by atoms with Crippen LogP contribution in [0.4, 0.5) is 10.2 Å². The smallest absolute Gasteiger partial charge is 0.254 e. The van der Waals surface area contributed by atoms with Crippen molar-refractivity contribution in [2.45, 2.75) is 31.4 Å². The fraction of sp³-hybridized carbons (Fsp3) is 0.208. The normalized spacial score (nSPS) is 20.3. The Kier molecular flexibility index (Phi) is 4.49. The Morgan fingerprint density at radius 3 is 2.59 bits per heavy atom. The summed E-state index contributed by atoms with van der Waals surface area (Å²) in [7, 11) is 0. The lowest BCUT2D eigenvalue weighted by Crippen LogP contribution is -2.42. The van der Waals surface area contributed by atoms with E-state index in [9.17, 15) is 14.3 Å². The van der Waals surface area contributed by atoms with E-state index >= 15 is 0 Å². The number of amides is 1. The van der Waals surface area contributed by atoms with Gasteiger partial charge < -0.3 is 16.6 Å². The molecule has 8 heteroatoms. The predicted molar refractivity (Wildman–Crippen MR) is 120 cm³/mol. The maximum absolute atomic E-state index is 14.2. The molecular weight excluding hydrogens is 409 g/mol. The number of primary amides is 1. The minimum atomic E-state index is -0.772. The van der Waals surface area contributed by atoms with Crippen LogP contribution in [-0.2, 0) is 0 Å². The van der Waals surface area contributed by atoms with Crippen LogP contribution in [0.25, 0.3) is 33.4 Å². The Morgan fingerprint density at radius 2 is 1.91 bits per heavy atom. The van der Waals surface area contributed by atoms with Crippen LogP contribution in [0.2, 0.25) is 0 Å². The van der Waals surface area contributed by atoms with E-state index in [1.807, 2.05) is 18.2 Å². The first-order valence-corrected chi connectivity index (χ1v) is 10.3. The Hall–Kier alpha value is -3.78. The number of carbonyl (C=O) groups is 1. The first-order chi connectivity index (χ1) is 15.2. The van der Waals surface area contributed by atoms with Gasteiger partial charge in [-0.3, -0.25) is 4.79 Å². The fourth-order valence-electron chi connectivity index (χ4n) is 4.38. The summed E-state index contributed by atoms with van der Waals surface area (Å²) in [5, 5.41) is 15.5. The number of rotatable bonds is 4. The Labute approximate surface area is 183 Å². The number of hydrogen-bond acceptors (Lipinski definition) is 5. The summed E-state index contributed by atoms with van der Waals surface area (Å²) >= 11 is 0. The van der Waals surface area contributed by atoms with E-state index < -0.39 is 11.5 Å². The summed E-state index contributed by atoms with van der Waals surface area (Å²) in [5.74, 6) is -0.849. The van der Waals surface area contributed by atoms with Gasteiger partial charge in [0.25, 0.3) is 5.91 Å². The molecule has 2 aromatic carbocycles. The largest absolute Gasteiger partial charge is 0.390 e. The van der Waals surface area contributed by atoms with Gasteiger partial charge in [0.2, 0.25) is 0 Å². The lowest BCUT2D eigenvalue weighted by Gasteiger charge is -2.41. The molecule has 4 aromatic rings. The van der Waals surface area contributed by atoms with E-state index in [0.29, 0.717) is 40.9 Å². The molecule has 0 bridgehead atoms. The Bertz CT molecular complexity index is 1370. The van der Waals surface area contributed by atoms with Gasteiger partial charge >= 0.3 is 0 Å². The fourth-order valence-corrected chi connectivity index (χ4v) is 4.38. The average Bonchev–Trinajstić information content (AvgIpc) is 3.08. The van der Waals surface area contributed by atoms with Crippen LogP contribution in [-0.4, -0.2) is 31.4 Å². The molecule has 1 amide bonds. The molecule has 0 saturated heterocycles. The molecule has 5 rings (SSSR count). The van der Waals surface area contributed by atoms with Gasteiger partial charge in [-0.25, -0.2) is 14.1 Å². The third-order valence-corrected chi connectivity index (χ3v) is 6.01. The van der Waals surface area contributed by atoms with Crippen molar-refractivity contribution in [1.82, 2.24) is 14.8 Å². The zero-order chi connectivity index (χ0) is 22.6. The summed E-state index contributed by atoms with van der Waals surface area (Å²) in [6.45, 7) is 1.75. The second-order valence-electron chi connectivity index (χ2n) is 8.56. The molecule has 2 heterocycles. The number of nitrogens with two attached hydrogens (primary N) is 2. The Morgan fingerprint density at radius 1 is 1.19 bits per heavy atom. The van der Waals surface area contributed by atoms with E-state index in [1.54, 1.807) is 41.9 Å². The van der Waals surface area contributed by atoms with Gasteiger partial charge in [-0.05, 0) is 44.0 Å². The number of anilines is 1. The number of aromatic nitrogens is 3. The quantitative estimate of drug-likeness (QED) is 0.455. The summed E-state index contributed by atoms with van der Waals surface area (Å²) in [6, 6.07) is 15.4. The van der Waals surface area contributed by atoms with E-state index in [4.69, 9.17) is 11.5 Å². The van der Waals surface area contributed by atoms with Crippen molar-refractivity contribution in [1.29, 1.82) is 0 Å². The SMILES string of the molecule is CC1(O)CC(n2nc(-c3ccc4ccc(-c5ccccc5F)nc4c3)c(C(N)=O)c2N)C1. The van der Waals surface area contributed by atoms with Crippen molar-refractivity contribution < 1.29 is 14.3 Å². The molecule has 0 aliphatic heterocycles. The third kappa shape index (κ3) is 3.29. The molecule has 2 aromatic heterocycles. The van der Waals surface area contributed by atoms with E-state index in [0.717, 1.165) is 5.39 Å². The van der Waals surface area contributed by atoms with Crippen molar-refractivity contribution in [2.75, 3.05) is 5.73 Å². The molecule has 5 N–H and O–H groups in total. The van der Waals surface area contributed by atoms with Gasteiger partial charge in [0.15, 0.2) is 0 Å². The number of hydrogen-bond donors (Lipinski definition) is 3. The van der Waals surface area contributed by atoms with Gasteiger partial charge in [-0.2, -0.15) is 5.10 Å². The lowest BCUT2D eigenvalue weighted by atomic mass is 9.77. The highest BCUT2D eigenvalue weighted by atomic mass is 19.1. The maximum atomic E-state index is 14.2. The molecule has 0 atom stereocenters. The van der Waals surface area contributed by atoms with Gasteiger partial charge in [0.1, 0.15) is 22.9 Å². The molecule has 0 unspecified atom stereocenters. The Balaban J connectivity index is 1.61. The number of fused-ring (bicyclic) bond motifs is 1. The molecule has 0 radical (unpaired) electrons. The van der Waals surface area contributed by atoms with Crippen LogP contribution < -0.4 is 11.5 Å². The van der Waals surface area contributed by atoms with Crippen LogP contribution in [0, 0.1) is 5.82 Å². The van der Waals surface area contributed by atoms with Crippen molar-refractivity contribution in [3.8, 4) is 22.5 Å². The lowest BCUT2D eigenvalue weighted by molar-refractivity contribution is -0.0535. The van der Waals surface area contributed by atoms with Crippen molar-refractivity contribution >= 4 is 22.6 Å². The van der Waals surface area contributed by atoms with E-state index in [1.165, 1.54) is 6.07 Å². The second-order valence-corrected chi connectivity index (χ2v) is 8.56. The third-order valence-electron chi connectivity index (χ3n) is 6.01. The zero-order valence-corrected chi connectivity index (χ0v) is 17.4. The molecule has 1 fully saturated rings. The number of benzene rings is 2. The van der Waals surface area contributed by atoms with Crippen LogP contribution >= 0.6 is 0 Å².